The molecule has 0 saturated carbocycles. The minimum atomic E-state index is -0.918. The average molecular weight is 540 g/mol. The van der Waals surface area contributed by atoms with Crippen LogP contribution in [0.1, 0.15) is 37.3 Å². The number of aliphatic imine (C=N–C) groups is 2. The lowest BCUT2D eigenvalue weighted by Gasteiger charge is -2.27. The summed E-state index contributed by atoms with van der Waals surface area (Å²) in [6.45, 7) is 3.15. The van der Waals surface area contributed by atoms with E-state index in [1.807, 2.05) is 31.2 Å². The summed E-state index contributed by atoms with van der Waals surface area (Å²) in [4.78, 5) is 49.7. The molecule has 200 valence electrons. The molecule has 0 saturated heterocycles. The topological polar surface area (TPSA) is 112 Å². The van der Waals surface area contributed by atoms with E-state index in [2.05, 4.69) is 20.6 Å². The van der Waals surface area contributed by atoms with Gasteiger partial charge in [-0.2, -0.15) is 0 Å². The van der Waals surface area contributed by atoms with Crippen molar-refractivity contribution in [2.75, 3.05) is 20.3 Å². The van der Waals surface area contributed by atoms with Gasteiger partial charge in [0.2, 0.25) is 11.8 Å². The molecule has 2 N–H and O–H groups in total. The number of nitrogens with zero attached hydrogens (tertiary/aromatic N) is 3. The Balaban J connectivity index is 1.47. The molecule has 0 fully saturated rings. The largest absolute Gasteiger partial charge is 0.385 e. The average Bonchev–Trinajstić information content (AvgIpc) is 3.25. The number of carbonyl (C=O) groups excluding carboxylic acids is 3. The highest BCUT2D eigenvalue weighted by molar-refractivity contribution is 8.15. The van der Waals surface area contributed by atoms with Crippen LogP contribution in [0.2, 0.25) is 0 Å². The fourth-order valence-electron chi connectivity index (χ4n) is 4.06. The number of ether oxygens (including phenoxy) is 1. The molecule has 4 rings (SSSR count). The van der Waals surface area contributed by atoms with Crippen molar-refractivity contribution in [3.8, 4) is 0 Å². The maximum atomic E-state index is 13.5. The van der Waals surface area contributed by atoms with Crippen molar-refractivity contribution in [3.63, 3.8) is 0 Å². The molecule has 0 unspecified atom stereocenters. The Morgan fingerprint density at radius 3 is 2.66 bits per heavy atom. The van der Waals surface area contributed by atoms with Crippen LogP contribution in [0.5, 0.6) is 0 Å². The fourth-order valence-corrected chi connectivity index (χ4v) is 5.10. The number of benzene rings is 2. The van der Waals surface area contributed by atoms with Gasteiger partial charge in [-0.15, -0.1) is 0 Å². The number of carbonyl (C=O) groups is 3. The molecule has 0 spiro atoms. The number of hydrogen-bond donors (Lipinski definition) is 2. The van der Waals surface area contributed by atoms with Crippen LogP contribution in [-0.4, -0.2) is 65.2 Å². The first-order chi connectivity index (χ1) is 18.4. The van der Waals surface area contributed by atoms with Gasteiger partial charge in [-0.25, -0.2) is 14.3 Å². The van der Waals surface area contributed by atoms with Gasteiger partial charge >= 0.3 is 0 Å². The molecule has 9 nitrogen and oxygen atoms in total. The van der Waals surface area contributed by atoms with Crippen molar-refractivity contribution in [2.45, 2.75) is 44.0 Å². The highest BCUT2D eigenvalue weighted by Crippen LogP contribution is 2.35. The zero-order valence-corrected chi connectivity index (χ0v) is 22.1. The molecule has 0 radical (unpaired) electrons. The van der Waals surface area contributed by atoms with E-state index in [9.17, 15) is 18.8 Å². The second-order valence-electron chi connectivity index (χ2n) is 8.81. The van der Waals surface area contributed by atoms with Gasteiger partial charge in [0.25, 0.3) is 5.91 Å². The first kappa shape index (κ1) is 27.5. The van der Waals surface area contributed by atoms with Crippen molar-refractivity contribution in [3.05, 3.63) is 65.5 Å². The Bertz CT molecular complexity index is 1250. The van der Waals surface area contributed by atoms with Crippen LogP contribution in [0, 0.1) is 5.82 Å². The predicted molar refractivity (Wildman–Crippen MR) is 145 cm³/mol. The number of para-hydroxylation sites is 1. The summed E-state index contributed by atoms with van der Waals surface area (Å²) in [7, 11) is 1.61. The van der Waals surface area contributed by atoms with Crippen LogP contribution in [0.15, 0.2) is 58.5 Å². The van der Waals surface area contributed by atoms with Crippen molar-refractivity contribution in [1.29, 1.82) is 0 Å². The number of amidine groups is 2. The number of nitrogens with one attached hydrogen (secondary N) is 2. The molecule has 11 heteroatoms. The van der Waals surface area contributed by atoms with Gasteiger partial charge in [0, 0.05) is 32.4 Å². The first-order valence-corrected chi connectivity index (χ1v) is 13.3. The fraction of sp³-hybridized carbons (Fsp3) is 0.370. The van der Waals surface area contributed by atoms with Crippen LogP contribution < -0.4 is 10.6 Å². The van der Waals surface area contributed by atoms with E-state index in [1.54, 1.807) is 19.2 Å². The number of hydrogen-bond acceptors (Lipinski definition) is 7. The van der Waals surface area contributed by atoms with Gasteiger partial charge in [0.05, 0.1) is 17.4 Å². The van der Waals surface area contributed by atoms with E-state index >= 15 is 0 Å². The Kier molecular flexibility index (Phi) is 9.24. The minimum absolute atomic E-state index is 0.142. The molecule has 2 atom stereocenters. The maximum absolute atomic E-state index is 13.5. The molecular weight excluding hydrogens is 509 g/mol. The molecular formula is C27H30FN5O4S. The summed E-state index contributed by atoms with van der Waals surface area (Å²) in [5.41, 5.74) is 2.08. The molecule has 38 heavy (non-hydrogen) atoms. The van der Waals surface area contributed by atoms with E-state index in [0.29, 0.717) is 48.2 Å². The normalized spacial score (nSPS) is 16.8. The maximum Gasteiger partial charge on any atom is 0.259 e. The van der Waals surface area contributed by atoms with Crippen LogP contribution in [0.3, 0.4) is 0 Å². The zero-order chi connectivity index (χ0) is 27.1. The number of rotatable bonds is 11. The Labute approximate surface area is 224 Å². The second kappa shape index (κ2) is 12.8. The van der Waals surface area contributed by atoms with Gasteiger partial charge in [-0.1, -0.05) is 43.0 Å². The molecule has 2 heterocycles. The molecule has 2 aliphatic heterocycles. The summed E-state index contributed by atoms with van der Waals surface area (Å²) in [6.07, 6.45) is 1.09. The third-order valence-electron chi connectivity index (χ3n) is 6.06. The third-order valence-corrected chi connectivity index (χ3v) is 7.38. The van der Waals surface area contributed by atoms with E-state index in [1.165, 1.54) is 28.8 Å². The van der Waals surface area contributed by atoms with Gasteiger partial charge in [0.15, 0.2) is 5.17 Å². The lowest BCUT2D eigenvalue weighted by molar-refractivity contribution is -0.128. The monoisotopic (exact) mass is 539 g/mol. The Morgan fingerprint density at radius 1 is 1.16 bits per heavy atom. The second-order valence-corrected chi connectivity index (χ2v) is 9.98. The smallest absolute Gasteiger partial charge is 0.259 e. The van der Waals surface area contributed by atoms with Crippen LogP contribution in [0.4, 0.5) is 10.1 Å². The molecule has 2 aliphatic rings. The van der Waals surface area contributed by atoms with Crippen LogP contribution in [0.25, 0.3) is 0 Å². The van der Waals surface area contributed by atoms with Crippen molar-refractivity contribution >= 4 is 46.2 Å². The summed E-state index contributed by atoms with van der Waals surface area (Å²) in [6, 6.07) is 12.2. The number of amides is 3. The van der Waals surface area contributed by atoms with E-state index < -0.39 is 11.3 Å². The number of thioether (sulfide) groups is 1. The van der Waals surface area contributed by atoms with Gasteiger partial charge in [-0.05, 0) is 42.7 Å². The first-order valence-electron chi connectivity index (χ1n) is 12.5. The molecule has 0 aliphatic carbocycles. The summed E-state index contributed by atoms with van der Waals surface area (Å²) in [5, 5.41) is 5.57. The molecule has 3 amide bonds. The molecule has 2 aromatic carbocycles. The SMILES string of the molecule is CC[C@H](SC1=Nc2ccccc2C2=N[C@@H](CC(=O)NCc3ccc(F)cc3)C(=O)N12)C(=O)NCCCOC. The van der Waals surface area contributed by atoms with E-state index in [4.69, 9.17) is 4.74 Å². The van der Waals surface area contributed by atoms with Crippen molar-refractivity contribution in [2.24, 2.45) is 9.98 Å². The highest BCUT2D eigenvalue weighted by Gasteiger charge is 2.43. The van der Waals surface area contributed by atoms with E-state index in [-0.39, 0.29) is 36.5 Å². The van der Waals surface area contributed by atoms with E-state index in [0.717, 1.165) is 5.56 Å². The van der Waals surface area contributed by atoms with Crippen molar-refractivity contribution < 1.29 is 23.5 Å². The molecule has 2 aromatic rings. The number of methoxy groups -OCH3 is 1. The van der Waals surface area contributed by atoms with Gasteiger partial charge in [0.1, 0.15) is 17.7 Å². The predicted octanol–water partition coefficient (Wildman–Crippen LogP) is 3.16. The Morgan fingerprint density at radius 2 is 1.92 bits per heavy atom. The summed E-state index contributed by atoms with van der Waals surface area (Å²) < 4.78 is 18.2. The third kappa shape index (κ3) is 6.46. The molecule has 0 aromatic heterocycles. The zero-order valence-electron chi connectivity index (χ0n) is 21.3. The van der Waals surface area contributed by atoms with Crippen LogP contribution >= 0.6 is 11.8 Å². The van der Waals surface area contributed by atoms with Gasteiger partial charge < -0.3 is 15.4 Å². The van der Waals surface area contributed by atoms with Crippen molar-refractivity contribution in [1.82, 2.24) is 15.5 Å². The quantitative estimate of drug-likeness (QED) is 0.426. The highest BCUT2D eigenvalue weighted by atomic mass is 32.2. The Hall–Kier alpha value is -3.57. The number of halogens is 1. The summed E-state index contributed by atoms with van der Waals surface area (Å²) >= 11 is 1.21. The van der Waals surface area contributed by atoms with Gasteiger partial charge in [-0.3, -0.25) is 19.4 Å². The lowest BCUT2D eigenvalue weighted by Crippen LogP contribution is -2.44. The minimum Gasteiger partial charge on any atom is -0.385 e. The standard InChI is InChI=1S/C27H30FN5O4S/c1-3-22(25(35)29-13-6-14-37-2)38-27-32-20-8-5-4-7-19(20)24-31-21(26(36)33(24)27)15-23(34)30-16-17-9-11-18(28)12-10-17/h4-5,7-12,21-22H,3,6,13-16H2,1-2H3,(H,29,35)(H,30,34)/t21-,22-/m0/s1. The lowest BCUT2D eigenvalue weighted by atomic mass is 10.1. The number of fused-ring (bicyclic) bond motifs is 3. The van der Waals surface area contributed by atoms with Crippen LogP contribution in [-0.2, 0) is 25.7 Å². The molecule has 0 bridgehead atoms. The summed E-state index contributed by atoms with van der Waals surface area (Å²) in [5.74, 6) is -0.786.